The zero-order valence-corrected chi connectivity index (χ0v) is 12.3. The highest BCUT2D eigenvalue weighted by Gasteiger charge is 2.35. The molecule has 2 bridgehead atoms. The summed E-state index contributed by atoms with van der Waals surface area (Å²) in [6.07, 6.45) is 3.07. The average molecular weight is 270 g/mol. The van der Waals surface area contributed by atoms with Gasteiger partial charge in [0.15, 0.2) is 0 Å². The number of nitrogens with zero attached hydrogens (tertiary/aromatic N) is 2. The van der Waals surface area contributed by atoms with Crippen LogP contribution in [0.3, 0.4) is 0 Å². The highest BCUT2D eigenvalue weighted by atomic mass is 16.3. The van der Waals surface area contributed by atoms with Crippen LogP contribution in [-0.2, 0) is 13.5 Å². The van der Waals surface area contributed by atoms with Crippen LogP contribution in [0.2, 0.25) is 0 Å². The lowest BCUT2D eigenvalue weighted by molar-refractivity contribution is 0.195. The van der Waals surface area contributed by atoms with Gasteiger partial charge in [-0.25, -0.2) is 0 Å². The lowest BCUT2D eigenvalue weighted by atomic mass is 9.84. The van der Waals surface area contributed by atoms with E-state index in [-0.39, 0.29) is 6.10 Å². The van der Waals surface area contributed by atoms with Gasteiger partial charge in [0.05, 0.1) is 6.10 Å². The Balaban J connectivity index is 1.93. The highest BCUT2D eigenvalue weighted by Crippen LogP contribution is 2.47. The molecule has 5 rings (SSSR count). The summed E-state index contributed by atoms with van der Waals surface area (Å²) in [5, 5.41) is 11.0. The molecular formula is C17H22N2O. The molecule has 1 aromatic carbocycles. The molecule has 3 aliphatic rings. The third-order valence-electron chi connectivity index (χ3n) is 5.00. The number of rotatable bonds is 2. The van der Waals surface area contributed by atoms with E-state index in [0.717, 1.165) is 12.3 Å². The number of aliphatic hydroxyl groups is 1. The van der Waals surface area contributed by atoms with Crippen LogP contribution in [0.1, 0.15) is 36.8 Å². The predicted molar refractivity (Wildman–Crippen MR) is 82.5 cm³/mol. The Kier molecular flexibility index (Phi) is 2.61. The van der Waals surface area contributed by atoms with Gasteiger partial charge in [0, 0.05) is 36.6 Å². The van der Waals surface area contributed by atoms with Gasteiger partial charge in [-0.1, -0.05) is 6.07 Å². The van der Waals surface area contributed by atoms with Crippen molar-refractivity contribution in [2.24, 2.45) is 7.05 Å². The number of aryl methyl sites for hydroxylation is 1. The van der Waals surface area contributed by atoms with Crippen LogP contribution >= 0.6 is 0 Å². The summed E-state index contributed by atoms with van der Waals surface area (Å²) in [5.41, 5.74) is 4.15. The van der Waals surface area contributed by atoms with E-state index in [1.165, 1.54) is 48.2 Å². The quantitative estimate of drug-likeness (QED) is 0.909. The number of benzene rings is 1. The first-order valence-electron chi connectivity index (χ1n) is 7.69. The maximum atomic E-state index is 9.61. The number of fused-ring (bicyclic) bond motifs is 3. The summed E-state index contributed by atoms with van der Waals surface area (Å²) < 4.78 is 2.36. The maximum absolute atomic E-state index is 9.61. The standard InChI is InChI=1S/C17H22N2O/c1-11(20)9-12-3-4-15-14(10-12)16-13-5-7-19(8-6-13)17(16)18(15)2/h3-4,10-11,13,20H,5-9H2,1-2H3. The molecular weight excluding hydrogens is 248 g/mol. The van der Waals surface area contributed by atoms with Crippen molar-refractivity contribution < 1.29 is 5.11 Å². The van der Waals surface area contributed by atoms with E-state index in [1.54, 1.807) is 5.56 Å². The van der Waals surface area contributed by atoms with E-state index in [9.17, 15) is 5.11 Å². The van der Waals surface area contributed by atoms with Gasteiger partial charge in [0.1, 0.15) is 5.82 Å². The summed E-state index contributed by atoms with van der Waals surface area (Å²) in [7, 11) is 2.19. The molecule has 20 heavy (non-hydrogen) atoms. The third kappa shape index (κ3) is 1.62. The van der Waals surface area contributed by atoms with Gasteiger partial charge in [0.25, 0.3) is 0 Å². The summed E-state index contributed by atoms with van der Waals surface area (Å²) in [6.45, 7) is 4.28. The minimum atomic E-state index is -0.271. The molecule has 0 spiro atoms. The number of aliphatic hydroxyl groups excluding tert-OH is 1. The number of piperidine rings is 1. The first-order valence-corrected chi connectivity index (χ1v) is 7.69. The summed E-state index contributed by atoms with van der Waals surface area (Å²) in [5.74, 6) is 2.18. The third-order valence-corrected chi connectivity index (χ3v) is 5.00. The van der Waals surface area contributed by atoms with E-state index < -0.39 is 0 Å². The van der Waals surface area contributed by atoms with E-state index in [2.05, 4.69) is 34.7 Å². The first kappa shape index (κ1) is 12.3. The van der Waals surface area contributed by atoms with Gasteiger partial charge < -0.3 is 14.6 Å². The van der Waals surface area contributed by atoms with Crippen molar-refractivity contribution in [1.82, 2.24) is 4.57 Å². The topological polar surface area (TPSA) is 28.4 Å². The Morgan fingerprint density at radius 2 is 2.05 bits per heavy atom. The number of anilines is 1. The second-order valence-corrected chi connectivity index (χ2v) is 6.46. The molecule has 1 atom stereocenters. The molecule has 1 aromatic heterocycles. The van der Waals surface area contributed by atoms with Crippen LogP contribution in [0.25, 0.3) is 10.9 Å². The molecule has 2 aromatic rings. The Hall–Kier alpha value is -1.48. The first-order chi connectivity index (χ1) is 9.65. The van der Waals surface area contributed by atoms with Crippen molar-refractivity contribution >= 4 is 16.7 Å². The molecule has 3 heteroatoms. The van der Waals surface area contributed by atoms with Crippen LogP contribution in [0, 0.1) is 0 Å². The fourth-order valence-electron chi connectivity index (χ4n) is 4.14. The second-order valence-electron chi connectivity index (χ2n) is 6.46. The van der Waals surface area contributed by atoms with Gasteiger partial charge in [0.2, 0.25) is 0 Å². The Bertz CT molecular complexity index is 663. The number of hydrogen-bond donors (Lipinski definition) is 1. The van der Waals surface area contributed by atoms with Crippen molar-refractivity contribution in [2.45, 2.75) is 38.2 Å². The highest BCUT2D eigenvalue weighted by molar-refractivity contribution is 5.92. The minimum Gasteiger partial charge on any atom is -0.393 e. The van der Waals surface area contributed by atoms with E-state index in [1.807, 2.05) is 6.92 Å². The van der Waals surface area contributed by atoms with E-state index in [0.29, 0.717) is 0 Å². The summed E-state index contributed by atoms with van der Waals surface area (Å²) in [6, 6.07) is 6.70. The van der Waals surface area contributed by atoms with Crippen molar-refractivity contribution in [3.05, 3.63) is 29.3 Å². The fourth-order valence-corrected chi connectivity index (χ4v) is 4.14. The van der Waals surface area contributed by atoms with Crippen LogP contribution in [0.15, 0.2) is 18.2 Å². The molecule has 0 amide bonds. The molecule has 1 unspecified atom stereocenters. The van der Waals surface area contributed by atoms with Crippen LogP contribution in [0.4, 0.5) is 5.82 Å². The van der Waals surface area contributed by atoms with E-state index >= 15 is 0 Å². The molecule has 0 radical (unpaired) electrons. The molecule has 3 nitrogen and oxygen atoms in total. The van der Waals surface area contributed by atoms with Crippen molar-refractivity contribution in [2.75, 3.05) is 18.0 Å². The SMILES string of the molecule is CC(O)Cc1ccc2c(c1)c1c(n2C)N2CCC1CC2. The Morgan fingerprint density at radius 1 is 1.30 bits per heavy atom. The largest absolute Gasteiger partial charge is 0.393 e. The summed E-state index contributed by atoms with van der Waals surface area (Å²) >= 11 is 0. The second kappa shape index (κ2) is 4.26. The average Bonchev–Trinajstić information content (AvgIpc) is 2.75. The van der Waals surface area contributed by atoms with Crippen molar-refractivity contribution in [3.8, 4) is 0 Å². The van der Waals surface area contributed by atoms with Gasteiger partial charge in [-0.2, -0.15) is 0 Å². The van der Waals surface area contributed by atoms with Gasteiger partial charge in [-0.05, 0) is 49.8 Å². The van der Waals surface area contributed by atoms with E-state index in [4.69, 9.17) is 0 Å². The summed E-state index contributed by atoms with van der Waals surface area (Å²) in [4.78, 5) is 2.55. The lowest BCUT2D eigenvalue weighted by Gasteiger charge is -2.41. The van der Waals surface area contributed by atoms with Crippen LogP contribution in [0.5, 0.6) is 0 Å². The fraction of sp³-hybridized carbons (Fsp3) is 0.529. The normalized spacial score (nSPS) is 19.6. The van der Waals surface area contributed by atoms with Gasteiger partial charge in [-0.3, -0.25) is 0 Å². The van der Waals surface area contributed by atoms with Gasteiger partial charge in [-0.15, -0.1) is 0 Å². The van der Waals surface area contributed by atoms with Gasteiger partial charge >= 0.3 is 0 Å². The molecule has 1 N–H and O–H groups in total. The molecule has 106 valence electrons. The molecule has 4 heterocycles. The zero-order valence-electron chi connectivity index (χ0n) is 12.3. The maximum Gasteiger partial charge on any atom is 0.112 e. The number of aromatic nitrogens is 1. The predicted octanol–water partition coefficient (Wildman–Crippen LogP) is 2.80. The number of hydrogen-bond acceptors (Lipinski definition) is 2. The molecule has 0 saturated carbocycles. The Morgan fingerprint density at radius 3 is 2.75 bits per heavy atom. The Labute approximate surface area is 119 Å². The smallest absolute Gasteiger partial charge is 0.112 e. The van der Waals surface area contributed by atoms with Crippen molar-refractivity contribution in [3.63, 3.8) is 0 Å². The van der Waals surface area contributed by atoms with Crippen LogP contribution in [-0.4, -0.2) is 28.9 Å². The van der Waals surface area contributed by atoms with Crippen molar-refractivity contribution in [1.29, 1.82) is 0 Å². The molecule has 1 saturated heterocycles. The lowest BCUT2D eigenvalue weighted by Crippen LogP contribution is -2.39. The van der Waals surface area contributed by atoms with Crippen LogP contribution < -0.4 is 4.90 Å². The molecule has 0 aliphatic carbocycles. The zero-order chi connectivity index (χ0) is 13.9. The minimum absolute atomic E-state index is 0.271. The monoisotopic (exact) mass is 270 g/mol. The molecule has 1 fully saturated rings. The molecule has 3 aliphatic heterocycles.